The van der Waals surface area contributed by atoms with E-state index in [1.165, 1.54) is 23.9 Å². The lowest BCUT2D eigenvalue weighted by molar-refractivity contribution is -0.384. The summed E-state index contributed by atoms with van der Waals surface area (Å²) in [5.41, 5.74) is 1.14. The number of aromatic nitrogens is 1. The van der Waals surface area contributed by atoms with Crippen molar-refractivity contribution < 1.29 is 14.8 Å². The number of carbonyl (C=O) groups is 1. The fourth-order valence-electron chi connectivity index (χ4n) is 2.89. The van der Waals surface area contributed by atoms with E-state index < -0.39 is 10.8 Å². The number of benzene rings is 3. The molecule has 0 aliphatic rings. The molecule has 0 atom stereocenters. The quantitative estimate of drug-likeness (QED) is 0.339. The third kappa shape index (κ3) is 4.08. The molecule has 0 spiro atoms. The molecule has 8 heteroatoms. The Hall–Kier alpha value is -3.91. The van der Waals surface area contributed by atoms with Crippen LogP contribution in [0.3, 0.4) is 0 Å². The third-order valence-corrected chi connectivity index (χ3v) is 5.40. The molecule has 7 nitrogen and oxygen atoms in total. The number of pyridine rings is 1. The highest BCUT2D eigenvalue weighted by Crippen LogP contribution is 2.31. The summed E-state index contributed by atoms with van der Waals surface area (Å²) in [4.78, 5) is 28.8. The van der Waals surface area contributed by atoms with Gasteiger partial charge in [0, 0.05) is 39.2 Å². The molecule has 0 aliphatic heterocycles. The van der Waals surface area contributed by atoms with Gasteiger partial charge in [0.15, 0.2) is 5.75 Å². The highest BCUT2D eigenvalue weighted by atomic mass is 32.2. The SMILES string of the molecule is O=C(Nc1ccc(Sc2ccc([N+](=O)[O-])cc2)cc1)c1ccc2cccnc2c1O. The van der Waals surface area contributed by atoms with E-state index >= 15 is 0 Å². The summed E-state index contributed by atoms with van der Waals surface area (Å²) in [7, 11) is 0. The lowest BCUT2D eigenvalue weighted by atomic mass is 10.1. The highest BCUT2D eigenvalue weighted by molar-refractivity contribution is 7.99. The van der Waals surface area contributed by atoms with Crippen LogP contribution in [0.2, 0.25) is 0 Å². The van der Waals surface area contributed by atoms with Crippen molar-refractivity contribution in [3.8, 4) is 5.75 Å². The van der Waals surface area contributed by atoms with E-state index in [4.69, 9.17) is 0 Å². The summed E-state index contributed by atoms with van der Waals surface area (Å²) >= 11 is 1.45. The second-order valence-corrected chi connectivity index (χ2v) is 7.52. The van der Waals surface area contributed by atoms with Crippen LogP contribution in [0.5, 0.6) is 5.75 Å². The molecule has 0 aliphatic carbocycles. The van der Waals surface area contributed by atoms with Gasteiger partial charge in [-0.1, -0.05) is 23.9 Å². The van der Waals surface area contributed by atoms with E-state index in [1.807, 2.05) is 18.2 Å². The van der Waals surface area contributed by atoms with E-state index in [0.29, 0.717) is 11.2 Å². The molecule has 0 fully saturated rings. The van der Waals surface area contributed by atoms with Crippen molar-refractivity contribution in [1.82, 2.24) is 4.98 Å². The molecule has 30 heavy (non-hydrogen) atoms. The lowest BCUT2D eigenvalue weighted by Crippen LogP contribution is -2.12. The molecule has 1 heterocycles. The zero-order chi connectivity index (χ0) is 21.1. The first-order valence-electron chi connectivity index (χ1n) is 8.92. The Balaban J connectivity index is 1.46. The number of nitro groups is 1. The normalized spacial score (nSPS) is 10.7. The molecule has 0 saturated heterocycles. The van der Waals surface area contributed by atoms with Crippen molar-refractivity contribution in [3.05, 3.63) is 94.7 Å². The minimum atomic E-state index is -0.435. The van der Waals surface area contributed by atoms with Crippen LogP contribution in [0.1, 0.15) is 10.4 Å². The zero-order valence-corrected chi connectivity index (χ0v) is 16.3. The molecular formula is C22H15N3O4S. The van der Waals surface area contributed by atoms with Gasteiger partial charge in [-0.05, 0) is 48.5 Å². The van der Waals surface area contributed by atoms with Crippen molar-refractivity contribution in [2.24, 2.45) is 0 Å². The van der Waals surface area contributed by atoms with Crippen LogP contribution >= 0.6 is 11.8 Å². The number of phenols is 1. The average Bonchev–Trinajstić information content (AvgIpc) is 2.76. The standard InChI is InChI=1S/C22H15N3O4S/c26-21-19(12-3-14-2-1-13-23-20(14)21)22(27)24-15-4-8-17(9-5-15)30-18-10-6-16(7-11-18)25(28)29/h1-13,26H,(H,24,27). The van der Waals surface area contributed by atoms with Gasteiger partial charge in [0.2, 0.25) is 0 Å². The van der Waals surface area contributed by atoms with Gasteiger partial charge >= 0.3 is 0 Å². The molecule has 0 saturated carbocycles. The van der Waals surface area contributed by atoms with Crippen molar-refractivity contribution >= 4 is 39.9 Å². The molecule has 148 valence electrons. The highest BCUT2D eigenvalue weighted by Gasteiger charge is 2.15. The maximum Gasteiger partial charge on any atom is 0.269 e. The van der Waals surface area contributed by atoms with Crippen molar-refractivity contribution in [1.29, 1.82) is 0 Å². The molecule has 1 amide bonds. The van der Waals surface area contributed by atoms with Gasteiger partial charge < -0.3 is 10.4 Å². The first-order valence-corrected chi connectivity index (χ1v) is 9.73. The zero-order valence-electron chi connectivity index (χ0n) is 15.5. The van der Waals surface area contributed by atoms with Gasteiger partial charge in [0.25, 0.3) is 11.6 Å². The van der Waals surface area contributed by atoms with Gasteiger partial charge in [-0.3, -0.25) is 19.9 Å². The number of fused-ring (bicyclic) bond motifs is 1. The Bertz CT molecular complexity index is 1240. The van der Waals surface area contributed by atoms with Gasteiger partial charge in [-0.25, -0.2) is 0 Å². The van der Waals surface area contributed by atoms with E-state index in [-0.39, 0.29) is 17.0 Å². The average molecular weight is 417 g/mol. The first kappa shape index (κ1) is 19.4. The van der Waals surface area contributed by atoms with Crippen LogP contribution in [0.25, 0.3) is 10.9 Å². The predicted octanol–water partition coefficient (Wildman–Crippen LogP) is 5.25. The number of nitrogens with one attached hydrogen (secondary N) is 1. The van der Waals surface area contributed by atoms with E-state index in [9.17, 15) is 20.0 Å². The molecule has 4 aromatic rings. The molecule has 0 bridgehead atoms. The molecule has 4 rings (SSSR count). The second-order valence-electron chi connectivity index (χ2n) is 6.37. The maximum atomic E-state index is 12.6. The van der Waals surface area contributed by atoms with Crippen LogP contribution in [-0.4, -0.2) is 20.9 Å². The first-order chi connectivity index (χ1) is 14.5. The Labute approximate surface area is 175 Å². The number of non-ortho nitro benzene ring substituents is 1. The number of amides is 1. The predicted molar refractivity (Wildman–Crippen MR) is 115 cm³/mol. The monoisotopic (exact) mass is 417 g/mol. The third-order valence-electron chi connectivity index (χ3n) is 4.39. The fraction of sp³-hybridized carbons (Fsp3) is 0. The summed E-state index contributed by atoms with van der Waals surface area (Å²) in [6.45, 7) is 0. The number of nitro benzene ring substituents is 1. The minimum absolute atomic E-state index is 0.0459. The molecular weight excluding hydrogens is 402 g/mol. The molecule has 1 aromatic heterocycles. The van der Waals surface area contributed by atoms with Crippen LogP contribution in [0.4, 0.5) is 11.4 Å². The molecule has 0 unspecified atom stereocenters. The van der Waals surface area contributed by atoms with Crippen molar-refractivity contribution in [2.45, 2.75) is 9.79 Å². The number of hydrogen-bond acceptors (Lipinski definition) is 6. The van der Waals surface area contributed by atoms with Crippen molar-refractivity contribution in [2.75, 3.05) is 5.32 Å². The minimum Gasteiger partial charge on any atom is -0.505 e. The number of nitrogens with zero attached hydrogens (tertiary/aromatic N) is 2. The van der Waals surface area contributed by atoms with Gasteiger partial charge in [0.05, 0.1) is 10.5 Å². The Morgan fingerprint density at radius 1 is 0.967 bits per heavy atom. The number of anilines is 1. The number of carbonyl (C=O) groups excluding carboxylic acids is 1. The van der Waals surface area contributed by atoms with E-state index in [1.54, 1.807) is 48.7 Å². The number of hydrogen-bond donors (Lipinski definition) is 2. The second kappa shape index (κ2) is 8.22. The topological polar surface area (TPSA) is 105 Å². The Morgan fingerprint density at radius 3 is 2.30 bits per heavy atom. The van der Waals surface area contributed by atoms with Gasteiger partial charge in [0.1, 0.15) is 5.52 Å². The molecule has 3 aromatic carbocycles. The summed E-state index contributed by atoms with van der Waals surface area (Å²) in [6.07, 6.45) is 1.56. The van der Waals surface area contributed by atoms with Crippen molar-refractivity contribution in [3.63, 3.8) is 0 Å². The number of phenolic OH excluding ortho intramolecular Hbond substituents is 1. The molecule has 2 N–H and O–H groups in total. The van der Waals surface area contributed by atoms with Crippen LogP contribution < -0.4 is 5.32 Å². The van der Waals surface area contributed by atoms with Gasteiger partial charge in [-0.15, -0.1) is 0 Å². The smallest absolute Gasteiger partial charge is 0.269 e. The number of rotatable bonds is 5. The van der Waals surface area contributed by atoms with Gasteiger partial charge in [-0.2, -0.15) is 0 Å². The van der Waals surface area contributed by atoms with E-state index in [0.717, 1.165) is 15.2 Å². The summed E-state index contributed by atoms with van der Waals surface area (Å²) in [6, 6.07) is 20.3. The van der Waals surface area contributed by atoms with Crippen LogP contribution in [-0.2, 0) is 0 Å². The largest absolute Gasteiger partial charge is 0.505 e. The Kier molecular flexibility index (Phi) is 5.32. The Morgan fingerprint density at radius 2 is 1.63 bits per heavy atom. The summed E-state index contributed by atoms with van der Waals surface area (Å²) in [5.74, 6) is -0.591. The fourth-order valence-corrected chi connectivity index (χ4v) is 3.71. The van der Waals surface area contributed by atoms with Crippen LogP contribution in [0, 0.1) is 10.1 Å². The van der Waals surface area contributed by atoms with E-state index in [2.05, 4.69) is 10.3 Å². The molecule has 0 radical (unpaired) electrons. The lowest BCUT2D eigenvalue weighted by Gasteiger charge is -2.09. The summed E-state index contributed by atoms with van der Waals surface area (Å²) in [5, 5.41) is 24.6. The van der Waals surface area contributed by atoms with Crippen LogP contribution in [0.15, 0.2) is 88.8 Å². The summed E-state index contributed by atoms with van der Waals surface area (Å²) < 4.78 is 0. The number of aromatic hydroxyl groups is 1. The maximum absolute atomic E-state index is 12.6.